The first kappa shape index (κ1) is 35.9. The predicted molar refractivity (Wildman–Crippen MR) is 168 cm³/mol. The summed E-state index contributed by atoms with van der Waals surface area (Å²) >= 11 is 0. The molecule has 0 spiro atoms. The number of nitriles is 1. The summed E-state index contributed by atoms with van der Waals surface area (Å²) in [6.45, 7) is 1.85. The van der Waals surface area contributed by atoms with E-state index in [1.54, 1.807) is 17.0 Å². The van der Waals surface area contributed by atoms with Crippen LogP contribution in [0.5, 0.6) is 0 Å². The third-order valence-electron chi connectivity index (χ3n) is 8.45. The second-order valence-electron chi connectivity index (χ2n) is 11.9. The number of amides is 2. The molecule has 0 saturated carbocycles. The lowest BCUT2D eigenvalue weighted by atomic mass is 9.91. The second kappa shape index (κ2) is 16.2. The number of carbonyl (C=O) groups excluding carboxylic acids is 2. The Morgan fingerprint density at radius 2 is 1.70 bits per heavy atom. The lowest BCUT2D eigenvalue weighted by Crippen LogP contribution is -2.44. The van der Waals surface area contributed by atoms with Crippen molar-refractivity contribution in [2.75, 3.05) is 48.3 Å². The topological polar surface area (TPSA) is 169 Å². The minimum atomic E-state index is -4.77. The van der Waals surface area contributed by atoms with Gasteiger partial charge in [-0.15, -0.1) is 0 Å². The summed E-state index contributed by atoms with van der Waals surface area (Å²) in [4.78, 5) is 36.3. The van der Waals surface area contributed by atoms with Gasteiger partial charge in [-0.05, 0) is 75.0 Å². The first-order valence-electron chi connectivity index (χ1n) is 15.8. The van der Waals surface area contributed by atoms with Crippen molar-refractivity contribution in [1.29, 1.82) is 5.26 Å². The van der Waals surface area contributed by atoms with Gasteiger partial charge in [-0.2, -0.15) is 26.9 Å². The summed E-state index contributed by atoms with van der Waals surface area (Å²) in [6.07, 6.45) is 0.0979. The maximum atomic E-state index is 13.9. The predicted octanol–water partition coefficient (Wildman–Crippen LogP) is 3.48. The van der Waals surface area contributed by atoms with Crippen molar-refractivity contribution < 1.29 is 35.7 Å². The Bertz CT molecular complexity index is 1530. The molecule has 47 heavy (non-hydrogen) atoms. The fourth-order valence-corrected chi connectivity index (χ4v) is 6.45. The van der Waals surface area contributed by atoms with Crippen LogP contribution in [0.2, 0.25) is 0 Å². The van der Waals surface area contributed by atoms with E-state index >= 15 is 0 Å². The molecule has 2 fully saturated rings. The standard InChI is InChI=1S/C31H40F3N7O5S/c32-31(33,34)30-38-26(40-17-12-22(13-18-40)4-1-6-28(42)36-14-3-19-47(44,45)46)20-27(39-30)41-16-2-5-25(41)29(43)37-15-11-23-7-9-24(21-35)10-8-23/h7-10,20,22,25H,1-6,11-19H2,(H,36,42)(H,37,43)(H,44,45,46). The Kier molecular flexibility index (Phi) is 12.4. The number of aromatic nitrogens is 2. The molecule has 1 unspecified atom stereocenters. The van der Waals surface area contributed by atoms with Gasteiger partial charge in [-0.3, -0.25) is 14.1 Å². The smallest absolute Gasteiger partial charge is 0.356 e. The number of benzene rings is 1. The van der Waals surface area contributed by atoms with E-state index in [0.29, 0.717) is 70.3 Å². The van der Waals surface area contributed by atoms with Gasteiger partial charge < -0.3 is 20.4 Å². The summed E-state index contributed by atoms with van der Waals surface area (Å²) in [5, 5.41) is 14.5. The Morgan fingerprint density at radius 1 is 1.00 bits per heavy atom. The van der Waals surface area contributed by atoms with Crippen molar-refractivity contribution in [3.63, 3.8) is 0 Å². The normalized spacial score (nSPS) is 17.4. The number of rotatable bonds is 14. The molecule has 2 amide bonds. The molecular formula is C31H40F3N7O5S. The van der Waals surface area contributed by atoms with E-state index in [-0.39, 0.29) is 48.8 Å². The third kappa shape index (κ3) is 11.1. The van der Waals surface area contributed by atoms with Gasteiger partial charge in [0.25, 0.3) is 10.1 Å². The molecular weight excluding hydrogens is 639 g/mol. The van der Waals surface area contributed by atoms with E-state index in [2.05, 4.69) is 26.7 Å². The van der Waals surface area contributed by atoms with Crippen molar-refractivity contribution in [3.8, 4) is 6.07 Å². The van der Waals surface area contributed by atoms with E-state index in [9.17, 15) is 31.2 Å². The number of hydrogen-bond donors (Lipinski definition) is 3. The minimum Gasteiger partial charge on any atom is -0.356 e. The molecule has 0 aliphatic carbocycles. The number of halogens is 3. The van der Waals surface area contributed by atoms with Gasteiger partial charge >= 0.3 is 6.18 Å². The van der Waals surface area contributed by atoms with Gasteiger partial charge in [-0.25, -0.2) is 9.97 Å². The van der Waals surface area contributed by atoms with Crippen molar-refractivity contribution in [3.05, 3.63) is 47.3 Å². The molecule has 3 heterocycles. The second-order valence-corrected chi connectivity index (χ2v) is 13.5. The van der Waals surface area contributed by atoms with Crippen LogP contribution in [0.4, 0.5) is 24.8 Å². The third-order valence-corrected chi connectivity index (χ3v) is 9.26. The summed E-state index contributed by atoms with van der Waals surface area (Å²) in [6, 6.07) is 9.97. The molecule has 0 bridgehead atoms. The van der Waals surface area contributed by atoms with Crippen molar-refractivity contribution in [1.82, 2.24) is 20.6 Å². The lowest BCUT2D eigenvalue weighted by Gasteiger charge is -2.34. The van der Waals surface area contributed by atoms with Crippen LogP contribution in [0.15, 0.2) is 30.3 Å². The molecule has 12 nitrogen and oxygen atoms in total. The van der Waals surface area contributed by atoms with Crippen molar-refractivity contribution >= 4 is 33.6 Å². The van der Waals surface area contributed by atoms with Gasteiger partial charge in [0.15, 0.2) is 0 Å². The molecule has 2 saturated heterocycles. The van der Waals surface area contributed by atoms with Crippen LogP contribution in [0, 0.1) is 17.2 Å². The van der Waals surface area contributed by atoms with Gasteiger partial charge in [0.05, 0.1) is 17.4 Å². The molecule has 1 aromatic carbocycles. The summed E-state index contributed by atoms with van der Waals surface area (Å²) in [5.41, 5.74) is 1.49. The Labute approximate surface area is 272 Å². The number of nitrogens with zero attached hydrogens (tertiary/aromatic N) is 5. The number of nitrogens with one attached hydrogen (secondary N) is 2. The number of carbonyl (C=O) groups is 2. The molecule has 2 aliphatic heterocycles. The SMILES string of the molecule is N#Cc1ccc(CCNC(=O)C2CCCN2c2cc(N3CCC(CCCC(=O)NCCCS(=O)(=O)O)CC3)nc(C(F)(F)F)n2)cc1. The Morgan fingerprint density at radius 3 is 2.36 bits per heavy atom. The molecule has 1 aromatic heterocycles. The van der Waals surface area contributed by atoms with Crippen LogP contribution in [0.3, 0.4) is 0 Å². The average Bonchev–Trinajstić information content (AvgIpc) is 3.53. The van der Waals surface area contributed by atoms with E-state index in [0.717, 1.165) is 12.0 Å². The number of anilines is 2. The maximum absolute atomic E-state index is 13.9. The van der Waals surface area contributed by atoms with Gasteiger partial charge in [-0.1, -0.05) is 12.1 Å². The van der Waals surface area contributed by atoms with Crippen LogP contribution >= 0.6 is 0 Å². The fraction of sp³-hybridized carbons (Fsp3) is 0.581. The molecule has 2 aromatic rings. The zero-order chi connectivity index (χ0) is 34.0. The van der Waals surface area contributed by atoms with E-state index in [1.807, 2.05) is 17.0 Å². The molecule has 0 radical (unpaired) electrons. The summed E-state index contributed by atoms with van der Waals surface area (Å²) < 4.78 is 72.0. The van der Waals surface area contributed by atoms with Crippen LogP contribution in [0.25, 0.3) is 0 Å². The van der Waals surface area contributed by atoms with Crippen molar-refractivity contribution in [2.45, 2.75) is 70.0 Å². The monoisotopic (exact) mass is 679 g/mol. The lowest BCUT2D eigenvalue weighted by molar-refractivity contribution is -0.144. The summed E-state index contributed by atoms with van der Waals surface area (Å²) in [7, 11) is -4.06. The zero-order valence-corrected chi connectivity index (χ0v) is 26.8. The van der Waals surface area contributed by atoms with E-state index < -0.39 is 33.9 Å². The highest BCUT2D eigenvalue weighted by atomic mass is 32.2. The Balaban J connectivity index is 1.31. The van der Waals surface area contributed by atoms with Gasteiger partial charge in [0.1, 0.15) is 17.7 Å². The first-order valence-corrected chi connectivity index (χ1v) is 17.4. The molecule has 1 atom stereocenters. The first-order chi connectivity index (χ1) is 22.3. The molecule has 256 valence electrons. The highest BCUT2D eigenvalue weighted by molar-refractivity contribution is 7.85. The summed E-state index contributed by atoms with van der Waals surface area (Å²) in [5.74, 6) is -1.63. The van der Waals surface area contributed by atoms with E-state index in [4.69, 9.17) is 9.81 Å². The van der Waals surface area contributed by atoms with Crippen LogP contribution in [-0.4, -0.2) is 79.3 Å². The minimum absolute atomic E-state index is 0.0665. The van der Waals surface area contributed by atoms with Gasteiger partial charge in [0.2, 0.25) is 17.6 Å². The van der Waals surface area contributed by atoms with E-state index in [1.165, 1.54) is 6.07 Å². The highest BCUT2D eigenvalue weighted by Crippen LogP contribution is 2.34. The van der Waals surface area contributed by atoms with Crippen LogP contribution < -0.4 is 20.4 Å². The molecule has 16 heteroatoms. The number of alkyl halides is 3. The average molecular weight is 680 g/mol. The molecule has 2 aliphatic rings. The van der Waals surface area contributed by atoms with Crippen LogP contribution in [0.1, 0.15) is 68.3 Å². The van der Waals surface area contributed by atoms with Crippen molar-refractivity contribution in [2.24, 2.45) is 5.92 Å². The Hall–Kier alpha value is -3.97. The maximum Gasteiger partial charge on any atom is 0.451 e. The van der Waals surface area contributed by atoms with Gasteiger partial charge in [0, 0.05) is 45.2 Å². The fourth-order valence-electron chi connectivity index (χ4n) is 5.94. The molecule has 3 N–H and O–H groups in total. The largest absolute Gasteiger partial charge is 0.451 e. The number of piperidine rings is 1. The quantitative estimate of drug-likeness (QED) is 0.199. The number of hydrogen-bond acceptors (Lipinski definition) is 9. The highest BCUT2D eigenvalue weighted by Gasteiger charge is 2.39. The van der Waals surface area contributed by atoms with Crippen LogP contribution in [-0.2, 0) is 32.3 Å². The zero-order valence-electron chi connectivity index (χ0n) is 26.0. The molecule has 4 rings (SSSR count).